The van der Waals surface area contributed by atoms with Crippen molar-refractivity contribution < 1.29 is 0 Å². The lowest BCUT2D eigenvalue weighted by Gasteiger charge is -2.16. The second-order valence-corrected chi connectivity index (χ2v) is 3.96. The fourth-order valence-corrected chi connectivity index (χ4v) is 1.49. The molecule has 1 aromatic carbocycles. The van der Waals surface area contributed by atoms with Crippen LogP contribution in [0.4, 0.5) is 5.69 Å². The van der Waals surface area contributed by atoms with E-state index in [1.807, 2.05) is 14.0 Å². The number of nitrogens with one attached hydrogen (secondary N) is 2. The van der Waals surface area contributed by atoms with Crippen molar-refractivity contribution in [2.45, 2.75) is 26.9 Å². The zero-order chi connectivity index (χ0) is 11.4. The molecule has 0 aliphatic carbocycles. The molecule has 0 heterocycles. The van der Waals surface area contributed by atoms with Gasteiger partial charge in [-0.15, -0.1) is 0 Å². The molecule has 0 fully saturated rings. The maximum absolute atomic E-state index is 3.98. The molecule has 15 heavy (non-hydrogen) atoms. The highest BCUT2D eigenvalue weighted by Crippen LogP contribution is 2.21. The average molecular weight is 204 g/mol. The summed E-state index contributed by atoms with van der Waals surface area (Å²) in [5.74, 6) is 0. The third-order valence-electron chi connectivity index (χ3n) is 2.51. The lowest BCUT2D eigenvalue weighted by Crippen LogP contribution is -2.29. The highest BCUT2D eigenvalue weighted by atomic mass is 15.1. The normalized spacial score (nSPS) is 12.3. The van der Waals surface area contributed by atoms with E-state index < -0.39 is 0 Å². The smallest absolute Gasteiger partial charge is 0.0736 e. The maximum atomic E-state index is 3.98. The molecule has 0 saturated carbocycles. The van der Waals surface area contributed by atoms with Crippen LogP contribution in [0.3, 0.4) is 0 Å². The molecule has 0 spiro atoms. The average Bonchev–Trinajstić information content (AvgIpc) is 2.20. The zero-order valence-electron chi connectivity index (χ0n) is 10.0. The van der Waals surface area contributed by atoms with Crippen molar-refractivity contribution >= 4 is 11.3 Å². The van der Waals surface area contributed by atoms with Crippen LogP contribution in [0.25, 0.3) is 5.57 Å². The molecular weight excluding hydrogens is 184 g/mol. The van der Waals surface area contributed by atoms with Crippen molar-refractivity contribution in [2.75, 3.05) is 12.4 Å². The Balaban J connectivity index is 2.92. The Labute approximate surface area is 92.4 Å². The first kappa shape index (κ1) is 11.8. The van der Waals surface area contributed by atoms with Gasteiger partial charge in [0.1, 0.15) is 0 Å². The molecular formula is C13H20N2. The van der Waals surface area contributed by atoms with Crippen LogP contribution in [-0.4, -0.2) is 13.2 Å². The number of hydrogen-bond acceptors (Lipinski definition) is 2. The lowest BCUT2D eigenvalue weighted by atomic mass is 10.0. The van der Waals surface area contributed by atoms with Crippen LogP contribution in [0.1, 0.15) is 25.0 Å². The van der Waals surface area contributed by atoms with E-state index >= 15 is 0 Å². The molecule has 1 rings (SSSR count). The van der Waals surface area contributed by atoms with Gasteiger partial charge in [-0.3, -0.25) is 0 Å². The van der Waals surface area contributed by atoms with E-state index in [2.05, 4.69) is 49.3 Å². The summed E-state index contributed by atoms with van der Waals surface area (Å²) in [6, 6.07) is 6.36. The minimum atomic E-state index is 0.269. The van der Waals surface area contributed by atoms with E-state index in [0.29, 0.717) is 0 Å². The Kier molecular flexibility index (Phi) is 3.92. The topological polar surface area (TPSA) is 24.1 Å². The monoisotopic (exact) mass is 204 g/mol. The number of aryl methyl sites for hydroxylation is 1. The maximum Gasteiger partial charge on any atom is 0.0736 e. The minimum Gasteiger partial charge on any atom is -0.370 e. The third kappa shape index (κ3) is 3.10. The van der Waals surface area contributed by atoms with Crippen LogP contribution in [0.5, 0.6) is 0 Å². The highest BCUT2D eigenvalue weighted by molar-refractivity contribution is 5.68. The van der Waals surface area contributed by atoms with Gasteiger partial charge in [-0.2, -0.15) is 0 Å². The first-order valence-corrected chi connectivity index (χ1v) is 5.25. The van der Waals surface area contributed by atoms with Gasteiger partial charge in [0.25, 0.3) is 0 Å². The van der Waals surface area contributed by atoms with Gasteiger partial charge in [0, 0.05) is 5.69 Å². The number of benzene rings is 1. The molecule has 1 aromatic rings. The Morgan fingerprint density at radius 2 is 2.07 bits per heavy atom. The Morgan fingerprint density at radius 3 is 2.60 bits per heavy atom. The molecule has 0 saturated heterocycles. The number of allylic oxidation sites excluding steroid dienone is 1. The van der Waals surface area contributed by atoms with E-state index in [1.54, 1.807) is 0 Å². The minimum absolute atomic E-state index is 0.269. The van der Waals surface area contributed by atoms with Crippen LogP contribution >= 0.6 is 0 Å². The summed E-state index contributed by atoms with van der Waals surface area (Å²) in [5.41, 5.74) is 4.72. The molecule has 0 amide bonds. The fourth-order valence-electron chi connectivity index (χ4n) is 1.49. The van der Waals surface area contributed by atoms with Crippen molar-refractivity contribution in [3.63, 3.8) is 0 Å². The largest absolute Gasteiger partial charge is 0.370 e. The molecule has 2 N–H and O–H groups in total. The van der Waals surface area contributed by atoms with Crippen LogP contribution in [-0.2, 0) is 0 Å². The zero-order valence-corrected chi connectivity index (χ0v) is 10.0. The van der Waals surface area contributed by atoms with Crippen molar-refractivity contribution in [3.8, 4) is 0 Å². The molecule has 2 heteroatoms. The molecule has 0 aliphatic heterocycles. The fraction of sp³-hybridized carbons (Fsp3) is 0.385. The highest BCUT2D eigenvalue weighted by Gasteiger charge is 2.02. The Hall–Kier alpha value is -1.28. The Morgan fingerprint density at radius 1 is 1.40 bits per heavy atom. The van der Waals surface area contributed by atoms with Crippen LogP contribution < -0.4 is 10.6 Å². The standard InChI is InChI=1S/C13H20N2/c1-9(2)13-8-12(7-6-10(13)3)15-11(4)14-5/h6-8,11,14-15H,1H2,2-5H3. The van der Waals surface area contributed by atoms with Gasteiger partial charge in [-0.1, -0.05) is 18.2 Å². The summed E-state index contributed by atoms with van der Waals surface area (Å²) in [4.78, 5) is 0. The van der Waals surface area contributed by atoms with Gasteiger partial charge in [0.15, 0.2) is 0 Å². The molecule has 0 radical (unpaired) electrons. The summed E-state index contributed by atoms with van der Waals surface area (Å²) < 4.78 is 0. The summed E-state index contributed by atoms with van der Waals surface area (Å²) in [7, 11) is 1.94. The van der Waals surface area contributed by atoms with Gasteiger partial charge < -0.3 is 10.6 Å². The molecule has 0 bridgehead atoms. The van der Waals surface area contributed by atoms with E-state index in [0.717, 1.165) is 11.3 Å². The van der Waals surface area contributed by atoms with Crippen LogP contribution in [0.15, 0.2) is 24.8 Å². The SMILES string of the molecule is C=C(C)c1cc(NC(C)NC)ccc1C. The van der Waals surface area contributed by atoms with E-state index in [4.69, 9.17) is 0 Å². The van der Waals surface area contributed by atoms with Crippen LogP contribution in [0.2, 0.25) is 0 Å². The second-order valence-electron chi connectivity index (χ2n) is 3.96. The van der Waals surface area contributed by atoms with Gasteiger partial charge in [-0.05, 0) is 51.1 Å². The third-order valence-corrected chi connectivity index (χ3v) is 2.51. The summed E-state index contributed by atoms with van der Waals surface area (Å²) >= 11 is 0. The molecule has 1 unspecified atom stereocenters. The molecule has 1 atom stereocenters. The lowest BCUT2D eigenvalue weighted by molar-refractivity contribution is 0.682. The predicted molar refractivity (Wildman–Crippen MR) is 68.0 cm³/mol. The van der Waals surface area contributed by atoms with Crippen molar-refractivity contribution in [1.29, 1.82) is 0 Å². The van der Waals surface area contributed by atoms with Gasteiger partial charge >= 0.3 is 0 Å². The predicted octanol–water partition coefficient (Wildman–Crippen LogP) is 3.01. The molecule has 0 aliphatic rings. The molecule has 2 nitrogen and oxygen atoms in total. The van der Waals surface area contributed by atoms with Gasteiger partial charge in [-0.25, -0.2) is 0 Å². The van der Waals surface area contributed by atoms with Crippen molar-refractivity contribution in [3.05, 3.63) is 35.9 Å². The first-order valence-electron chi connectivity index (χ1n) is 5.25. The van der Waals surface area contributed by atoms with Crippen molar-refractivity contribution in [1.82, 2.24) is 5.32 Å². The quantitative estimate of drug-likeness (QED) is 0.737. The van der Waals surface area contributed by atoms with Gasteiger partial charge in [0.05, 0.1) is 6.17 Å². The van der Waals surface area contributed by atoms with Crippen LogP contribution in [0, 0.1) is 6.92 Å². The second kappa shape index (κ2) is 4.99. The number of hydrogen-bond donors (Lipinski definition) is 2. The summed E-state index contributed by atoms with van der Waals surface area (Å²) in [6.45, 7) is 10.2. The Bertz CT molecular complexity index is 356. The number of rotatable bonds is 4. The molecule has 0 aromatic heterocycles. The van der Waals surface area contributed by atoms with E-state index in [1.165, 1.54) is 11.1 Å². The molecule has 82 valence electrons. The summed E-state index contributed by atoms with van der Waals surface area (Å²) in [5, 5.41) is 6.50. The first-order chi connectivity index (χ1) is 7.04. The summed E-state index contributed by atoms with van der Waals surface area (Å²) in [6.07, 6.45) is 0.269. The van der Waals surface area contributed by atoms with E-state index in [-0.39, 0.29) is 6.17 Å². The number of anilines is 1. The van der Waals surface area contributed by atoms with Gasteiger partial charge in [0.2, 0.25) is 0 Å². The van der Waals surface area contributed by atoms with E-state index in [9.17, 15) is 0 Å². The van der Waals surface area contributed by atoms with Crippen molar-refractivity contribution in [2.24, 2.45) is 0 Å².